The van der Waals surface area contributed by atoms with Crippen LogP contribution in [-0.2, 0) is 14.8 Å². The SMILES string of the molecule is C#CCC(NS(=O)(=O)CC(C)c1ccccc1)C(=O)O. The number of carbonyl (C=O) groups is 1. The van der Waals surface area contributed by atoms with Gasteiger partial charge in [-0.2, -0.15) is 4.72 Å². The molecule has 0 fully saturated rings. The van der Waals surface area contributed by atoms with Crippen molar-refractivity contribution < 1.29 is 18.3 Å². The van der Waals surface area contributed by atoms with Crippen molar-refractivity contribution in [1.29, 1.82) is 0 Å². The summed E-state index contributed by atoms with van der Waals surface area (Å²) in [6.07, 6.45) is 4.84. The number of benzene rings is 1. The van der Waals surface area contributed by atoms with E-state index in [1.807, 2.05) is 30.3 Å². The molecule has 0 saturated carbocycles. The van der Waals surface area contributed by atoms with Gasteiger partial charge in [0.2, 0.25) is 10.0 Å². The highest BCUT2D eigenvalue weighted by Crippen LogP contribution is 2.16. The fourth-order valence-corrected chi connectivity index (χ4v) is 3.33. The Labute approximate surface area is 119 Å². The summed E-state index contributed by atoms with van der Waals surface area (Å²) in [6, 6.07) is 7.87. The molecular formula is C14H17NO4S. The van der Waals surface area contributed by atoms with Crippen molar-refractivity contribution in [1.82, 2.24) is 4.72 Å². The van der Waals surface area contributed by atoms with Gasteiger partial charge in [-0.1, -0.05) is 37.3 Å². The molecule has 2 N–H and O–H groups in total. The van der Waals surface area contributed by atoms with Gasteiger partial charge in [0.1, 0.15) is 6.04 Å². The number of terminal acetylenes is 1. The number of sulfonamides is 1. The van der Waals surface area contributed by atoms with Gasteiger partial charge in [-0.3, -0.25) is 4.79 Å². The number of carboxylic acid groups (broad SMARTS) is 1. The first-order valence-corrected chi connectivity index (χ1v) is 7.72. The van der Waals surface area contributed by atoms with E-state index in [0.29, 0.717) is 0 Å². The van der Waals surface area contributed by atoms with Crippen LogP contribution >= 0.6 is 0 Å². The largest absolute Gasteiger partial charge is 0.480 e. The average Bonchev–Trinajstić information content (AvgIpc) is 2.38. The van der Waals surface area contributed by atoms with E-state index in [1.165, 1.54) is 0 Å². The van der Waals surface area contributed by atoms with Crippen LogP contribution in [0.4, 0.5) is 0 Å². The molecule has 1 aromatic carbocycles. The molecule has 1 aromatic rings. The quantitative estimate of drug-likeness (QED) is 0.740. The molecule has 0 aromatic heterocycles. The summed E-state index contributed by atoms with van der Waals surface area (Å²) < 4.78 is 26.0. The molecule has 2 atom stereocenters. The fraction of sp³-hybridized carbons (Fsp3) is 0.357. The second-order valence-corrected chi connectivity index (χ2v) is 6.31. The topological polar surface area (TPSA) is 83.5 Å². The van der Waals surface area contributed by atoms with Crippen molar-refractivity contribution in [3.05, 3.63) is 35.9 Å². The molecular weight excluding hydrogens is 278 g/mol. The van der Waals surface area contributed by atoms with Crippen LogP contribution in [0.3, 0.4) is 0 Å². The standard InChI is InChI=1S/C14H17NO4S/c1-3-7-13(14(16)17)15-20(18,19)10-11(2)12-8-5-4-6-9-12/h1,4-6,8-9,11,13,15H,7,10H2,2H3,(H,16,17). The van der Waals surface area contributed by atoms with E-state index >= 15 is 0 Å². The minimum atomic E-state index is -3.72. The first-order chi connectivity index (χ1) is 9.35. The Bertz CT molecular complexity index is 589. The van der Waals surface area contributed by atoms with E-state index in [-0.39, 0.29) is 18.1 Å². The predicted molar refractivity (Wildman–Crippen MR) is 76.7 cm³/mol. The van der Waals surface area contributed by atoms with E-state index < -0.39 is 22.0 Å². The van der Waals surface area contributed by atoms with Crippen LogP contribution in [0.25, 0.3) is 0 Å². The molecule has 0 aliphatic rings. The summed E-state index contributed by atoms with van der Waals surface area (Å²) in [5, 5.41) is 8.90. The second-order valence-electron chi connectivity index (χ2n) is 4.51. The van der Waals surface area contributed by atoms with Gasteiger partial charge in [-0.25, -0.2) is 8.42 Å². The Morgan fingerprint density at radius 3 is 2.50 bits per heavy atom. The summed E-state index contributed by atoms with van der Waals surface area (Å²) in [7, 11) is -3.72. The molecule has 0 heterocycles. The van der Waals surface area contributed by atoms with Crippen molar-refractivity contribution in [3.8, 4) is 12.3 Å². The van der Waals surface area contributed by atoms with E-state index in [2.05, 4.69) is 10.6 Å². The highest BCUT2D eigenvalue weighted by molar-refractivity contribution is 7.89. The number of carboxylic acids is 1. The minimum Gasteiger partial charge on any atom is -0.480 e. The van der Waals surface area contributed by atoms with Gasteiger partial charge in [0.05, 0.1) is 5.75 Å². The molecule has 0 radical (unpaired) electrons. The van der Waals surface area contributed by atoms with Crippen molar-refractivity contribution in [2.75, 3.05) is 5.75 Å². The van der Waals surface area contributed by atoms with Crippen LogP contribution in [0.15, 0.2) is 30.3 Å². The predicted octanol–water partition coefficient (Wildman–Crippen LogP) is 1.19. The number of aliphatic carboxylic acids is 1. The second kappa shape index (κ2) is 7.08. The molecule has 6 heteroatoms. The lowest BCUT2D eigenvalue weighted by atomic mass is 10.0. The summed E-state index contributed by atoms with van der Waals surface area (Å²) in [6.45, 7) is 1.77. The molecule has 20 heavy (non-hydrogen) atoms. The lowest BCUT2D eigenvalue weighted by molar-refractivity contribution is -0.138. The normalized spacial score (nSPS) is 14.2. The van der Waals surface area contributed by atoms with Crippen LogP contribution in [0, 0.1) is 12.3 Å². The molecule has 2 unspecified atom stereocenters. The maximum atomic E-state index is 12.0. The summed E-state index contributed by atoms with van der Waals surface area (Å²) >= 11 is 0. The Kier molecular flexibility index (Phi) is 5.74. The van der Waals surface area contributed by atoms with Gasteiger partial charge in [-0.05, 0) is 11.5 Å². The molecule has 1 rings (SSSR count). The molecule has 5 nitrogen and oxygen atoms in total. The number of hydrogen-bond acceptors (Lipinski definition) is 3. The maximum absolute atomic E-state index is 12.0. The van der Waals surface area contributed by atoms with E-state index in [9.17, 15) is 13.2 Å². The smallest absolute Gasteiger partial charge is 0.322 e. The molecule has 0 bridgehead atoms. The van der Waals surface area contributed by atoms with Gasteiger partial charge in [0, 0.05) is 6.42 Å². The fourth-order valence-electron chi connectivity index (χ4n) is 1.77. The summed E-state index contributed by atoms with van der Waals surface area (Å²) in [5.74, 6) is 0.439. The first kappa shape index (κ1) is 16.2. The third-order valence-electron chi connectivity index (χ3n) is 2.78. The number of hydrogen-bond donors (Lipinski definition) is 2. The average molecular weight is 295 g/mol. The van der Waals surface area contributed by atoms with Crippen molar-refractivity contribution in [2.45, 2.75) is 25.3 Å². The van der Waals surface area contributed by atoms with E-state index in [0.717, 1.165) is 5.56 Å². The number of rotatable bonds is 7. The minimum absolute atomic E-state index is 0.186. The Morgan fingerprint density at radius 1 is 1.40 bits per heavy atom. The molecule has 0 saturated heterocycles. The Morgan fingerprint density at radius 2 is 2.00 bits per heavy atom. The molecule has 0 aliphatic heterocycles. The Balaban J connectivity index is 2.75. The van der Waals surface area contributed by atoms with Crippen molar-refractivity contribution in [3.63, 3.8) is 0 Å². The van der Waals surface area contributed by atoms with E-state index in [1.54, 1.807) is 6.92 Å². The zero-order valence-corrected chi connectivity index (χ0v) is 11.9. The van der Waals surface area contributed by atoms with E-state index in [4.69, 9.17) is 11.5 Å². The first-order valence-electron chi connectivity index (χ1n) is 6.07. The molecule has 0 aliphatic carbocycles. The summed E-state index contributed by atoms with van der Waals surface area (Å²) in [4.78, 5) is 10.9. The number of nitrogens with one attached hydrogen (secondary N) is 1. The van der Waals surface area contributed by atoms with Crippen molar-refractivity contribution in [2.24, 2.45) is 0 Å². The van der Waals surface area contributed by atoms with Gasteiger partial charge >= 0.3 is 5.97 Å². The van der Waals surface area contributed by atoms with Crippen LogP contribution in [0.1, 0.15) is 24.8 Å². The van der Waals surface area contributed by atoms with Crippen molar-refractivity contribution >= 4 is 16.0 Å². The van der Waals surface area contributed by atoms with Gasteiger partial charge in [0.25, 0.3) is 0 Å². The monoisotopic (exact) mass is 295 g/mol. The third-order valence-corrected chi connectivity index (χ3v) is 4.36. The molecule has 0 spiro atoms. The molecule has 0 amide bonds. The lowest BCUT2D eigenvalue weighted by Gasteiger charge is -2.16. The zero-order chi connectivity index (χ0) is 15.2. The zero-order valence-electron chi connectivity index (χ0n) is 11.1. The highest BCUT2D eigenvalue weighted by atomic mass is 32.2. The van der Waals surface area contributed by atoms with Gasteiger partial charge in [-0.15, -0.1) is 12.3 Å². The van der Waals surface area contributed by atoms with Crippen LogP contribution in [0.2, 0.25) is 0 Å². The third kappa shape index (κ3) is 5.03. The summed E-state index contributed by atoms with van der Waals surface area (Å²) in [5.41, 5.74) is 0.877. The van der Waals surface area contributed by atoms with Crippen LogP contribution in [0.5, 0.6) is 0 Å². The highest BCUT2D eigenvalue weighted by Gasteiger charge is 2.25. The van der Waals surface area contributed by atoms with Gasteiger partial charge < -0.3 is 5.11 Å². The lowest BCUT2D eigenvalue weighted by Crippen LogP contribution is -2.42. The van der Waals surface area contributed by atoms with Crippen LogP contribution in [-0.4, -0.2) is 31.3 Å². The molecule has 108 valence electrons. The maximum Gasteiger partial charge on any atom is 0.322 e. The Hall–Kier alpha value is -1.84. The van der Waals surface area contributed by atoms with Gasteiger partial charge in [0.15, 0.2) is 0 Å². The van der Waals surface area contributed by atoms with Crippen LogP contribution < -0.4 is 4.72 Å².